The number of carboxylic acid groups (broad SMARTS) is 1. The first kappa shape index (κ1) is 13.1. The molecule has 0 saturated carbocycles. The standard InChI is InChI=1S/C14H15NO4/c1-3-18-9-5-6-11-10(7-9)13(19-4-2)8-12(15-11)14(16)17/h5-8H,3-4H2,1-2H3,(H,16,17). The highest BCUT2D eigenvalue weighted by molar-refractivity contribution is 5.93. The van der Waals surface area contributed by atoms with Crippen LogP contribution in [-0.4, -0.2) is 29.3 Å². The molecule has 2 aromatic rings. The summed E-state index contributed by atoms with van der Waals surface area (Å²) in [6.45, 7) is 4.77. The molecule has 0 spiro atoms. The molecule has 1 heterocycles. The molecule has 19 heavy (non-hydrogen) atoms. The Morgan fingerprint density at radius 1 is 1.21 bits per heavy atom. The Bertz CT molecular complexity index is 610. The van der Waals surface area contributed by atoms with Gasteiger partial charge in [-0.15, -0.1) is 0 Å². The van der Waals surface area contributed by atoms with Crippen LogP contribution in [0.25, 0.3) is 10.9 Å². The van der Waals surface area contributed by atoms with Gasteiger partial charge in [-0.1, -0.05) is 0 Å². The van der Waals surface area contributed by atoms with E-state index in [9.17, 15) is 4.79 Å². The highest BCUT2D eigenvalue weighted by atomic mass is 16.5. The number of nitrogens with zero attached hydrogens (tertiary/aromatic N) is 1. The fraction of sp³-hybridized carbons (Fsp3) is 0.286. The average Bonchev–Trinajstić information content (AvgIpc) is 2.39. The molecule has 2 rings (SSSR count). The predicted molar refractivity (Wildman–Crippen MR) is 71.0 cm³/mol. The van der Waals surface area contributed by atoms with E-state index < -0.39 is 5.97 Å². The van der Waals surface area contributed by atoms with Gasteiger partial charge in [-0.3, -0.25) is 0 Å². The van der Waals surface area contributed by atoms with E-state index in [0.717, 1.165) is 5.39 Å². The van der Waals surface area contributed by atoms with Crippen molar-refractivity contribution in [3.63, 3.8) is 0 Å². The lowest BCUT2D eigenvalue weighted by molar-refractivity contribution is 0.0690. The van der Waals surface area contributed by atoms with Crippen LogP contribution in [0.4, 0.5) is 0 Å². The normalized spacial score (nSPS) is 10.4. The van der Waals surface area contributed by atoms with Gasteiger partial charge in [-0.05, 0) is 32.0 Å². The van der Waals surface area contributed by atoms with Crippen LogP contribution in [-0.2, 0) is 0 Å². The van der Waals surface area contributed by atoms with Gasteiger partial charge in [0.05, 0.1) is 18.7 Å². The minimum atomic E-state index is -1.07. The number of hydrogen-bond donors (Lipinski definition) is 1. The van der Waals surface area contributed by atoms with Crippen molar-refractivity contribution in [1.29, 1.82) is 0 Å². The zero-order valence-corrected chi connectivity index (χ0v) is 10.8. The van der Waals surface area contributed by atoms with Crippen LogP contribution in [0.5, 0.6) is 11.5 Å². The number of ether oxygens (including phenoxy) is 2. The molecular formula is C14H15NO4. The van der Waals surface area contributed by atoms with Crippen LogP contribution < -0.4 is 9.47 Å². The smallest absolute Gasteiger partial charge is 0.354 e. The summed E-state index contributed by atoms with van der Waals surface area (Å²) in [6.07, 6.45) is 0. The van der Waals surface area contributed by atoms with Crippen LogP contribution in [0, 0.1) is 0 Å². The minimum Gasteiger partial charge on any atom is -0.494 e. The van der Waals surface area contributed by atoms with Crippen molar-refractivity contribution in [2.45, 2.75) is 13.8 Å². The topological polar surface area (TPSA) is 68.7 Å². The van der Waals surface area contributed by atoms with Crippen molar-refractivity contribution < 1.29 is 19.4 Å². The first-order chi connectivity index (χ1) is 9.15. The van der Waals surface area contributed by atoms with Gasteiger partial charge >= 0.3 is 5.97 Å². The van der Waals surface area contributed by atoms with Crippen LogP contribution in [0.3, 0.4) is 0 Å². The number of carboxylic acids is 1. The van der Waals surface area contributed by atoms with E-state index in [1.54, 1.807) is 12.1 Å². The second-order valence-corrected chi connectivity index (χ2v) is 3.86. The number of pyridine rings is 1. The Morgan fingerprint density at radius 3 is 2.58 bits per heavy atom. The Morgan fingerprint density at radius 2 is 1.95 bits per heavy atom. The average molecular weight is 261 g/mol. The molecule has 0 atom stereocenters. The molecule has 0 aliphatic carbocycles. The zero-order chi connectivity index (χ0) is 13.8. The maximum absolute atomic E-state index is 11.0. The molecule has 1 aromatic heterocycles. The van der Waals surface area contributed by atoms with Gasteiger partial charge in [0, 0.05) is 11.5 Å². The third kappa shape index (κ3) is 2.76. The first-order valence-electron chi connectivity index (χ1n) is 6.09. The Hall–Kier alpha value is -2.30. The van der Waals surface area contributed by atoms with E-state index in [1.807, 2.05) is 19.9 Å². The number of hydrogen-bond acceptors (Lipinski definition) is 4. The van der Waals surface area contributed by atoms with Crippen LogP contribution in [0.1, 0.15) is 24.3 Å². The van der Waals surface area contributed by atoms with Gasteiger partial charge in [-0.2, -0.15) is 0 Å². The molecule has 0 fully saturated rings. The number of carbonyl (C=O) groups is 1. The van der Waals surface area contributed by atoms with E-state index >= 15 is 0 Å². The fourth-order valence-corrected chi connectivity index (χ4v) is 1.81. The monoisotopic (exact) mass is 261 g/mol. The van der Waals surface area contributed by atoms with Crippen molar-refractivity contribution in [2.24, 2.45) is 0 Å². The minimum absolute atomic E-state index is 0.0277. The third-order valence-electron chi connectivity index (χ3n) is 2.57. The second-order valence-electron chi connectivity index (χ2n) is 3.86. The van der Waals surface area contributed by atoms with Crippen LogP contribution in [0.15, 0.2) is 24.3 Å². The van der Waals surface area contributed by atoms with Gasteiger partial charge in [0.25, 0.3) is 0 Å². The lowest BCUT2D eigenvalue weighted by Crippen LogP contribution is -2.03. The van der Waals surface area contributed by atoms with Crippen molar-refractivity contribution >= 4 is 16.9 Å². The van der Waals surface area contributed by atoms with Gasteiger partial charge in [0.1, 0.15) is 11.5 Å². The summed E-state index contributed by atoms with van der Waals surface area (Å²) in [7, 11) is 0. The molecule has 0 amide bonds. The highest BCUT2D eigenvalue weighted by Gasteiger charge is 2.12. The molecule has 1 N–H and O–H groups in total. The molecule has 0 bridgehead atoms. The van der Waals surface area contributed by atoms with Crippen LogP contribution in [0.2, 0.25) is 0 Å². The fourth-order valence-electron chi connectivity index (χ4n) is 1.81. The number of aromatic carboxylic acids is 1. The molecule has 0 aliphatic heterocycles. The summed E-state index contributed by atoms with van der Waals surface area (Å²) >= 11 is 0. The number of fused-ring (bicyclic) bond motifs is 1. The summed E-state index contributed by atoms with van der Waals surface area (Å²) in [5.41, 5.74) is 0.548. The first-order valence-corrected chi connectivity index (χ1v) is 6.09. The Labute approximate surface area is 110 Å². The summed E-state index contributed by atoms with van der Waals surface area (Å²) in [6, 6.07) is 6.74. The molecule has 0 aliphatic rings. The molecule has 0 radical (unpaired) electrons. The molecule has 5 nitrogen and oxygen atoms in total. The van der Waals surface area contributed by atoms with E-state index in [4.69, 9.17) is 14.6 Å². The molecule has 0 unspecified atom stereocenters. The quantitative estimate of drug-likeness (QED) is 0.896. The maximum Gasteiger partial charge on any atom is 0.354 e. The van der Waals surface area contributed by atoms with Crippen LogP contribution >= 0.6 is 0 Å². The SMILES string of the molecule is CCOc1ccc2nc(C(=O)O)cc(OCC)c2c1. The number of benzene rings is 1. The van der Waals surface area contributed by atoms with Crippen molar-refractivity contribution in [1.82, 2.24) is 4.98 Å². The lowest BCUT2D eigenvalue weighted by atomic mass is 10.1. The zero-order valence-electron chi connectivity index (χ0n) is 10.8. The lowest BCUT2D eigenvalue weighted by Gasteiger charge is -2.10. The predicted octanol–water partition coefficient (Wildman–Crippen LogP) is 2.73. The molecule has 1 aromatic carbocycles. The van der Waals surface area contributed by atoms with Gasteiger partial charge in [0.2, 0.25) is 0 Å². The molecule has 0 saturated heterocycles. The van der Waals surface area contributed by atoms with Crippen molar-refractivity contribution in [2.75, 3.05) is 13.2 Å². The van der Waals surface area contributed by atoms with Gasteiger partial charge in [-0.25, -0.2) is 9.78 Å². The largest absolute Gasteiger partial charge is 0.494 e. The van der Waals surface area contributed by atoms with Gasteiger partial charge in [0.15, 0.2) is 5.69 Å². The van der Waals surface area contributed by atoms with Crippen molar-refractivity contribution in [3.05, 3.63) is 30.0 Å². The van der Waals surface area contributed by atoms with E-state index in [-0.39, 0.29) is 5.69 Å². The third-order valence-corrected chi connectivity index (χ3v) is 2.57. The van der Waals surface area contributed by atoms with E-state index in [0.29, 0.717) is 30.2 Å². The maximum atomic E-state index is 11.0. The highest BCUT2D eigenvalue weighted by Crippen LogP contribution is 2.29. The van der Waals surface area contributed by atoms with Gasteiger partial charge < -0.3 is 14.6 Å². The Balaban J connectivity index is 2.61. The summed E-state index contributed by atoms with van der Waals surface area (Å²) in [5.74, 6) is 0.143. The Kier molecular flexibility index (Phi) is 3.85. The van der Waals surface area contributed by atoms with Crippen molar-refractivity contribution in [3.8, 4) is 11.5 Å². The summed E-state index contributed by atoms with van der Waals surface area (Å²) in [4.78, 5) is 15.1. The number of aromatic nitrogens is 1. The molecule has 5 heteroatoms. The summed E-state index contributed by atoms with van der Waals surface area (Å²) < 4.78 is 10.9. The van der Waals surface area contributed by atoms with E-state index in [2.05, 4.69) is 4.98 Å². The molecule has 100 valence electrons. The van der Waals surface area contributed by atoms with E-state index in [1.165, 1.54) is 6.07 Å². The molecular weight excluding hydrogens is 246 g/mol. The summed E-state index contributed by atoms with van der Waals surface area (Å²) in [5, 5.41) is 9.78. The second kappa shape index (κ2) is 5.56. The number of rotatable bonds is 5.